The van der Waals surface area contributed by atoms with Gasteiger partial charge in [-0.25, -0.2) is 0 Å². The van der Waals surface area contributed by atoms with Crippen LogP contribution in [0.2, 0.25) is 0 Å². The van der Waals surface area contributed by atoms with Gasteiger partial charge in [-0.3, -0.25) is 19.7 Å². The molecule has 10 heteroatoms. The molecule has 0 N–H and O–H groups in total. The minimum atomic E-state index is -1.20. The lowest BCUT2D eigenvalue weighted by molar-refractivity contribution is -0.544. The molecule has 3 rings (SSSR count). The van der Waals surface area contributed by atoms with E-state index in [-0.39, 0.29) is 13.0 Å². The third kappa shape index (κ3) is 4.77. The molecule has 0 spiro atoms. The first-order chi connectivity index (χ1) is 14.3. The summed E-state index contributed by atoms with van der Waals surface area (Å²) < 4.78 is 28.6. The summed E-state index contributed by atoms with van der Waals surface area (Å²) in [7, 11) is 0. The molecular weight excluding hydrogens is 398 g/mol. The normalized spacial score (nSPS) is 31.8. The average molecular weight is 423 g/mol. The highest BCUT2D eigenvalue weighted by atomic mass is 16.7. The molecule has 0 bridgehead atoms. The predicted molar refractivity (Wildman–Crippen MR) is 101 cm³/mol. The molecule has 0 saturated carbocycles. The van der Waals surface area contributed by atoms with Crippen LogP contribution in [0.5, 0.6) is 0 Å². The van der Waals surface area contributed by atoms with Crippen molar-refractivity contribution in [3.05, 3.63) is 46.0 Å². The maximum Gasteiger partial charge on any atom is 0.303 e. The zero-order valence-corrected chi connectivity index (χ0v) is 17.0. The van der Waals surface area contributed by atoms with Crippen molar-refractivity contribution < 1.29 is 38.2 Å². The summed E-state index contributed by atoms with van der Waals surface area (Å²) in [6.07, 6.45) is -5.59. The maximum atomic E-state index is 11.8. The van der Waals surface area contributed by atoms with Crippen molar-refractivity contribution in [3.63, 3.8) is 0 Å². The van der Waals surface area contributed by atoms with Gasteiger partial charge in [0.15, 0.2) is 24.6 Å². The number of fused-ring (bicyclic) bond motifs is 1. The van der Waals surface area contributed by atoms with Gasteiger partial charge in [0.05, 0.1) is 6.61 Å². The van der Waals surface area contributed by atoms with Crippen LogP contribution in [0.1, 0.15) is 39.0 Å². The molecule has 1 aromatic carbocycles. The third-order valence-electron chi connectivity index (χ3n) is 5.11. The quantitative estimate of drug-likeness (QED) is 0.383. The van der Waals surface area contributed by atoms with E-state index >= 15 is 0 Å². The lowest BCUT2D eigenvalue weighted by atomic mass is 9.89. The topological polar surface area (TPSA) is 123 Å². The Bertz CT molecular complexity index is 771. The molecule has 2 heterocycles. The number of nitro groups is 1. The Morgan fingerprint density at radius 1 is 1.13 bits per heavy atom. The molecule has 0 aromatic heterocycles. The minimum Gasteiger partial charge on any atom is -0.456 e. The number of hydrogen-bond acceptors (Lipinski definition) is 9. The molecule has 1 unspecified atom stereocenters. The molecule has 0 radical (unpaired) electrons. The van der Waals surface area contributed by atoms with Crippen molar-refractivity contribution in [3.8, 4) is 0 Å². The highest BCUT2D eigenvalue weighted by Gasteiger charge is 2.57. The standard InChI is InChI=1S/C20H25NO9/c1-4-14(21(24)25)16-18(27-11(2)22)19(28-12(3)23)17-15(29-16)10-26-20(30-17)13-8-6-5-7-9-13/h5-9,14-20H,4,10H2,1-3H3/t14-,15+,16-,17+,18-,19-,20?/m0/s1. The molecule has 30 heavy (non-hydrogen) atoms. The van der Waals surface area contributed by atoms with Crippen LogP contribution in [0.25, 0.3) is 0 Å². The van der Waals surface area contributed by atoms with Crippen LogP contribution in [0.3, 0.4) is 0 Å². The van der Waals surface area contributed by atoms with E-state index in [1.807, 2.05) is 30.3 Å². The SMILES string of the molecule is CC[C@@H]([C@@H]1O[C@@H]2COC(c3ccccc3)O[C@H]2[C@H](OC(C)=O)[C@H]1OC(C)=O)[N+](=O)[O-]. The van der Waals surface area contributed by atoms with Gasteiger partial charge in [-0.1, -0.05) is 37.3 Å². The molecule has 2 aliphatic heterocycles. The summed E-state index contributed by atoms with van der Waals surface area (Å²) in [5, 5.41) is 11.6. The highest BCUT2D eigenvalue weighted by molar-refractivity contribution is 5.67. The minimum absolute atomic E-state index is 0.0689. The average Bonchev–Trinajstić information content (AvgIpc) is 2.70. The second-order valence-electron chi connectivity index (χ2n) is 7.22. The van der Waals surface area contributed by atoms with Crippen LogP contribution in [-0.4, -0.2) is 60.0 Å². The van der Waals surface area contributed by atoms with E-state index < -0.39 is 59.7 Å². The van der Waals surface area contributed by atoms with Gasteiger partial charge in [0.25, 0.3) is 0 Å². The van der Waals surface area contributed by atoms with E-state index in [1.54, 1.807) is 6.92 Å². The van der Waals surface area contributed by atoms with Crippen LogP contribution in [-0.2, 0) is 33.3 Å². The van der Waals surface area contributed by atoms with Crippen molar-refractivity contribution in [2.24, 2.45) is 0 Å². The molecule has 2 aliphatic rings. The van der Waals surface area contributed by atoms with Gasteiger partial charge in [0.1, 0.15) is 12.2 Å². The summed E-state index contributed by atoms with van der Waals surface area (Å²) in [6, 6.07) is 7.99. The number of ether oxygens (including phenoxy) is 5. The number of carbonyl (C=O) groups excluding carboxylic acids is 2. The fourth-order valence-corrected chi connectivity index (χ4v) is 3.85. The van der Waals surface area contributed by atoms with Gasteiger partial charge >= 0.3 is 11.9 Å². The summed E-state index contributed by atoms with van der Waals surface area (Å²) in [5.41, 5.74) is 0.750. The van der Waals surface area contributed by atoms with Gasteiger partial charge in [-0.15, -0.1) is 0 Å². The third-order valence-corrected chi connectivity index (χ3v) is 5.11. The zero-order chi connectivity index (χ0) is 21.8. The number of rotatable bonds is 6. The van der Waals surface area contributed by atoms with Crippen molar-refractivity contribution in [1.82, 2.24) is 0 Å². The van der Waals surface area contributed by atoms with Crippen molar-refractivity contribution in [2.75, 3.05) is 6.61 Å². The first-order valence-electron chi connectivity index (χ1n) is 9.77. The van der Waals surface area contributed by atoms with E-state index in [0.717, 1.165) is 5.56 Å². The lowest BCUT2D eigenvalue weighted by Crippen LogP contribution is -2.66. The lowest BCUT2D eigenvalue weighted by Gasteiger charge is -2.48. The van der Waals surface area contributed by atoms with Gasteiger partial charge in [0.2, 0.25) is 6.04 Å². The number of carbonyl (C=O) groups is 2. The van der Waals surface area contributed by atoms with Crippen molar-refractivity contribution in [2.45, 2.75) is 70.0 Å². The van der Waals surface area contributed by atoms with Crippen LogP contribution >= 0.6 is 0 Å². The van der Waals surface area contributed by atoms with Gasteiger partial charge < -0.3 is 23.7 Å². The number of hydrogen-bond donors (Lipinski definition) is 0. The first-order valence-corrected chi connectivity index (χ1v) is 9.77. The Labute approximate surface area is 173 Å². The molecule has 0 aliphatic carbocycles. The monoisotopic (exact) mass is 423 g/mol. The van der Waals surface area contributed by atoms with E-state index in [2.05, 4.69) is 0 Å². The molecule has 1 aromatic rings. The second kappa shape index (κ2) is 9.50. The molecule has 2 fully saturated rings. The Morgan fingerprint density at radius 2 is 1.77 bits per heavy atom. The number of nitrogens with zero attached hydrogens (tertiary/aromatic N) is 1. The molecular formula is C20H25NO9. The summed E-state index contributed by atoms with van der Waals surface area (Å²) in [6.45, 7) is 4.09. The van der Waals surface area contributed by atoms with E-state index in [1.165, 1.54) is 13.8 Å². The van der Waals surface area contributed by atoms with Gasteiger partial charge in [-0.05, 0) is 0 Å². The fourth-order valence-electron chi connectivity index (χ4n) is 3.85. The molecule has 10 nitrogen and oxygen atoms in total. The van der Waals surface area contributed by atoms with Crippen LogP contribution in [0.15, 0.2) is 30.3 Å². The van der Waals surface area contributed by atoms with Crippen LogP contribution < -0.4 is 0 Å². The Kier molecular flexibility index (Phi) is 7.01. The smallest absolute Gasteiger partial charge is 0.303 e. The summed E-state index contributed by atoms with van der Waals surface area (Å²) in [5.74, 6) is -1.30. The van der Waals surface area contributed by atoms with E-state index in [0.29, 0.717) is 0 Å². The van der Waals surface area contributed by atoms with Crippen LogP contribution in [0.4, 0.5) is 0 Å². The van der Waals surface area contributed by atoms with Gasteiger partial charge in [0, 0.05) is 30.8 Å². The van der Waals surface area contributed by atoms with E-state index in [4.69, 9.17) is 23.7 Å². The molecule has 7 atom stereocenters. The van der Waals surface area contributed by atoms with E-state index in [9.17, 15) is 19.7 Å². The predicted octanol–water partition coefficient (Wildman–Crippen LogP) is 1.79. The largest absolute Gasteiger partial charge is 0.456 e. The zero-order valence-electron chi connectivity index (χ0n) is 17.0. The Hall–Kier alpha value is -2.56. The van der Waals surface area contributed by atoms with Gasteiger partial charge in [-0.2, -0.15) is 0 Å². The molecule has 164 valence electrons. The Balaban J connectivity index is 1.94. The maximum absolute atomic E-state index is 11.8. The fraction of sp³-hybridized carbons (Fsp3) is 0.600. The number of esters is 2. The van der Waals surface area contributed by atoms with Crippen molar-refractivity contribution in [1.29, 1.82) is 0 Å². The Morgan fingerprint density at radius 3 is 2.33 bits per heavy atom. The molecule has 2 saturated heterocycles. The highest BCUT2D eigenvalue weighted by Crippen LogP contribution is 2.38. The summed E-state index contributed by atoms with van der Waals surface area (Å²) >= 11 is 0. The second-order valence-corrected chi connectivity index (χ2v) is 7.22. The van der Waals surface area contributed by atoms with Crippen LogP contribution in [0, 0.1) is 10.1 Å². The summed E-state index contributed by atoms with van der Waals surface area (Å²) in [4.78, 5) is 34.7. The van der Waals surface area contributed by atoms with Crippen molar-refractivity contribution >= 4 is 11.9 Å². The number of benzene rings is 1. The first kappa shape index (κ1) is 22.1. The molecule has 0 amide bonds.